The van der Waals surface area contributed by atoms with E-state index >= 15 is 0 Å². The summed E-state index contributed by atoms with van der Waals surface area (Å²) in [5.74, 6) is 0. The Kier molecular flexibility index (Phi) is 1.74. The second kappa shape index (κ2) is 2.72. The van der Waals surface area contributed by atoms with E-state index in [2.05, 4.69) is 22.8 Å². The van der Waals surface area contributed by atoms with Gasteiger partial charge in [-0.15, -0.1) is 0 Å². The highest BCUT2D eigenvalue weighted by atomic mass is 15.1. The summed E-state index contributed by atoms with van der Waals surface area (Å²) in [7, 11) is 0. The van der Waals surface area contributed by atoms with Crippen LogP contribution in [-0.2, 0) is 0 Å². The Morgan fingerprint density at radius 3 is 2.30 bits per heavy atom. The standard InChI is InChI=1S/C8H14N2/c1-2-4-7(3-1)10-8-5-9-6-8/h1-2,7-10H,3-6H2. The van der Waals surface area contributed by atoms with Gasteiger partial charge in [0.05, 0.1) is 0 Å². The van der Waals surface area contributed by atoms with Crippen molar-refractivity contribution in [2.24, 2.45) is 0 Å². The first-order chi connectivity index (χ1) is 4.95. The zero-order valence-corrected chi connectivity index (χ0v) is 6.14. The maximum atomic E-state index is 3.59. The summed E-state index contributed by atoms with van der Waals surface area (Å²) in [5, 5.41) is 6.84. The molecule has 0 aromatic rings. The summed E-state index contributed by atoms with van der Waals surface area (Å²) in [6.45, 7) is 2.33. The minimum absolute atomic E-state index is 0.743. The van der Waals surface area contributed by atoms with Crippen LogP contribution in [0.5, 0.6) is 0 Å². The predicted molar refractivity (Wildman–Crippen MR) is 42.0 cm³/mol. The van der Waals surface area contributed by atoms with Crippen molar-refractivity contribution in [3.05, 3.63) is 12.2 Å². The van der Waals surface area contributed by atoms with Crippen LogP contribution in [0.2, 0.25) is 0 Å². The van der Waals surface area contributed by atoms with Gasteiger partial charge in [-0.3, -0.25) is 0 Å². The number of hydrogen-bond acceptors (Lipinski definition) is 2. The molecule has 1 saturated heterocycles. The van der Waals surface area contributed by atoms with Crippen LogP contribution in [0.15, 0.2) is 12.2 Å². The molecule has 0 radical (unpaired) electrons. The molecule has 0 spiro atoms. The fourth-order valence-electron chi connectivity index (χ4n) is 1.49. The van der Waals surface area contributed by atoms with Crippen LogP contribution in [0.4, 0.5) is 0 Å². The minimum Gasteiger partial charge on any atom is -0.314 e. The molecule has 1 heterocycles. The SMILES string of the molecule is C1=CCC(NC2CNC2)C1. The molecule has 2 aliphatic rings. The Balaban J connectivity index is 1.69. The average Bonchev–Trinajstić information content (AvgIpc) is 2.29. The van der Waals surface area contributed by atoms with Crippen molar-refractivity contribution >= 4 is 0 Å². The molecule has 56 valence electrons. The molecular formula is C8H14N2. The lowest BCUT2D eigenvalue weighted by Crippen LogP contribution is -2.57. The molecule has 1 aliphatic carbocycles. The molecule has 0 atom stereocenters. The third kappa shape index (κ3) is 1.22. The third-order valence-corrected chi connectivity index (χ3v) is 2.26. The van der Waals surface area contributed by atoms with Gasteiger partial charge >= 0.3 is 0 Å². The highest BCUT2D eigenvalue weighted by Crippen LogP contribution is 2.10. The Hall–Kier alpha value is -0.340. The topological polar surface area (TPSA) is 24.1 Å². The lowest BCUT2D eigenvalue weighted by Gasteiger charge is -2.31. The highest BCUT2D eigenvalue weighted by Gasteiger charge is 2.20. The summed E-state index contributed by atoms with van der Waals surface area (Å²) >= 11 is 0. The van der Waals surface area contributed by atoms with Crippen LogP contribution in [0.25, 0.3) is 0 Å². The maximum absolute atomic E-state index is 3.59. The van der Waals surface area contributed by atoms with Crippen LogP contribution in [0.1, 0.15) is 12.8 Å². The van der Waals surface area contributed by atoms with Crippen molar-refractivity contribution in [1.82, 2.24) is 10.6 Å². The molecule has 0 amide bonds. The Morgan fingerprint density at radius 1 is 1.10 bits per heavy atom. The van der Waals surface area contributed by atoms with Gasteiger partial charge in [-0.1, -0.05) is 12.2 Å². The minimum atomic E-state index is 0.743. The van der Waals surface area contributed by atoms with E-state index in [0.717, 1.165) is 25.2 Å². The van der Waals surface area contributed by atoms with E-state index in [-0.39, 0.29) is 0 Å². The van der Waals surface area contributed by atoms with Crippen molar-refractivity contribution in [2.45, 2.75) is 24.9 Å². The van der Waals surface area contributed by atoms with E-state index in [1.165, 1.54) is 12.8 Å². The molecular weight excluding hydrogens is 124 g/mol. The van der Waals surface area contributed by atoms with Gasteiger partial charge in [0.2, 0.25) is 0 Å². The van der Waals surface area contributed by atoms with Gasteiger partial charge in [0.25, 0.3) is 0 Å². The maximum Gasteiger partial charge on any atom is 0.0320 e. The molecule has 2 N–H and O–H groups in total. The Labute approximate surface area is 61.7 Å². The predicted octanol–water partition coefficient (Wildman–Crippen LogP) is 0.266. The van der Waals surface area contributed by atoms with Gasteiger partial charge in [0, 0.05) is 25.2 Å². The van der Waals surface area contributed by atoms with Crippen LogP contribution >= 0.6 is 0 Å². The summed E-state index contributed by atoms with van der Waals surface area (Å²) in [6, 6.07) is 1.50. The van der Waals surface area contributed by atoms with Gasteiger partial charge in [0.15, 0.2) is 0 Å². The molecule has 0 bridgehead atoms. The van der Waals surface area contributed by atoms with E-state index in [4.69, 9.17) is 0 Å². The monoisotopic (exact) mass is 138 g/mol. The summed E-state index contributed by atoms with van der Waals surface area (Å²) < 4.78 is 0. The summed E-state index contributed by atoms with van der Waals surface area (Å²) in [6.07, 6.45) is 7.00. The van der Waals surface area contributed by atoms with Crippen molar-refractivity contribution in [1.29, 1.82) is 0 Å². The lowest BCUT2D eigenvalue weighted by atomic mass is 10.1. The molecule has 1 aliphatic heterocycles. The van der Waals surface area contributed by atoms with E-state index in [1.807, 2.05) is 0 Å². The quantitative estimate of drug-likeness (QED) is 0.535. The summed E-state index contributed by atoms with van der Waals surface area (Å²) in [5.41, 5.74) is 0. The molecule has 2 heteroatoms. The van der Waals surface area contributed by atoms with Crippen molar-refractivity contribution in [2.75, 3.05) is 13.1 Å². The van der Waals surface area contributed by atoms with Crippen LogP contribution in [0, 0.1) is 0 Å². The third-order valence-electron chi connectivity index (χ3n) is 2.26. The zero-order valence-electron chi connectivity index (χ0n) is 6.14. The molecule has 1 fully saturated rings. The Bertz CT molecular complexity index is 130. The molecule has 0 aromatic heterocycles. The lowest BCUT2D eigenvalue weighted by molar-refractivity contribution is 0.332. The second-order valence-electron chi connectivity index (χ2n) is 3.16. The largest absolute Gasteiger partial charge is 0.314 e. The van der Waals surface area contributed by atoms with Gasteiger partial charge in [-0.2, -0.15) is 0 Å². The van der Waals surface area contributed by atoms with Gasteiger partial charge < -0.3 is 10.6 Å². The van der Waals surface area contributed by atoms with Crippen LogP contribution in [0.3, 0.4) is 0 Å². The van der Waals surface area contributed by atoms with Crippen molar-refractivity contribution < 1.29 is 0 Å². The molecule has 10 heavy (non-hydrogen) atoms. The smallest absolute Gasteiger partial charge is 0.0320 e. The Morgan fingerprint density at radius 2 is 1.80 bits per heavy atom. The van der Waals surface area contributed by atoms with Gasteiger partial charge in [0.1, 0.15) is 0 Å². The van der Waals surface area contributed by atoms with Gasteiger partial charge in [-0.05, 0) is 12.8 Å². The fraction of sp³-hybridized carbons (Fsp3) is 0.750. The molecule has 0 unspecified atom stereocenters. The molecule has 2 rings (SSSR count). The van der Waals surface area contributed by atoms with E-state index in [9.17, 15) is 0 Å². The fourth-order valence-corrected chi connectivity index (χ4v) is 1.49. The van der Waals surface area contributed by atoms with Gasteiger partial charge in [-0.25, -0.2) is 0 Å². The average molecular weight is 138 g/mol. The summed E-state index contributed by atoms with van der Waals surface area (Å²) in [4.78, 5) is 0. The van der Waals surface area contributed by atoms with E-state index < -0.39 is 0 Å². The van der Waals surface area contributed by atoms with Crippen LogP contribution < -0.4 is 10.6 Å². The van der Waals surface area contributed by atoms with E-state index in [0.29, 0.717) is 0 Å². The van der Waals surface area contributed by atoms with Crippen molar-refractivity contribution in [3.63, 3.8) is 0 Å². The molecule has 0 aromatic carbocycles. The zero-order chi connectivity index (χ0) is 6.81. The number of hydrogen-bond donors (Lipinski definition) is 2. The van der Waals surface area contributed by atoms with Crippen LogP contribution in [-0.4, -0.2) is 25.2 Å². The first-order valence-electron chi connectivity index (χ1n) is 4.07. The molecule has 0 saturated carbocycles. The highest BCUT2D eigenvalue weighted by molar-refractivity contribution is 4.99. The number of rotatable bonds is 2. The normalized spacial score (nSPS) is 27.2. The first kappa shape index (κ1) is 6.38. The van der Waals surface area contributed by atoms with Crippen molar-refractivity contribution in [3.8, 4) is 0 Å². The molecule has 2 nitrogen and oxygen atoms in total. The number of nitrogens with one attached hydrogen (secondary N) is 2. The first-order valence-corrected chi connectivity index (χ1v) is 4.07. The second-order valence-corrected chi connectivity index (χ2v) is 3.16. The van der Waals surface area contributed by atoms with E-state index in [1.54, 1.807) is 0 Å².